The molecule has 0 heterocycles. The fourth-order valence-corrected chi connectivity index (χ4v) is 1.23. The van der Waals surface area contributed by atoms with Gasteiger partial charge in [-0.05, 0) is 12.0 Å². The van der Waals surface area contributed by atoms with E-state index in [0.29, 0.717) is 18.4 Å². The highest BCUT2D eigenvalue weighted by Gasteiger charge is 2.02. The first-order valence-electron chi connectivity index (χ1n) is 5.07. The second-order valence-electron chi connectivity index (χ2n) is 3.33. The van der Waals surface area contributed by atoms with Gasteiger partial charge in [0.05, 0.1) is 0 Å². The van der Waals surface area contributed by atoms with Gasteiger partial charge in [0.2, 0.25) is 0 Å². The Hall–Kier alpha value is -1.90. The van der Waals surface area contributed by atoms with Crippen LogP contribution < -0.4 is 0 Å². The quantitative estimate of drug-likeness (QED) is 0.417. The Morgan fingerprint density at radius 3 is 2.56 bits per heavy atom. The predicted octanol–water partition coefficient (Wildman–Crippen LogP) is 2.16. The van der Waals surface area contributed by atoms with Crippen molar-refractivity contribution >= 4 is 12.3 Å². The normalized spacial score (nSPS) is 9.50. The zero-order valence-electron chi connectivity index (χ0n) is 9.02. The fourth-order valence-electron chi connectivity index (χ4n) is 1.23. The molecule has 0 aromatic heterocycles. The summed E-state index contributed by atoms with van der Waals surface area (Å²) >= 11 is 0. The average Bonchev–Trinajstić information content (AvgIpc) is 2.34. The third kappa shape index (κ3) is 4.09. The topological polar surface area (TPSA) is 43.4 Å². The lowest BCUT2D eigenvalue weighted by Crippen LogP contribution is -2.05. The Labute approximate surface area is 94.7 Å². The van der Waals surface area contributed by atoms with E-state index in [1.54, 1.807) is 12.1 Å². The van der Waals surface area contributed by atoms with Gasteiger partial charge in [-0.15, -0.1) is 0 Å². The van der Waals surface area contributed by atoms with Crippen molar-refractivity contribution in [3.63, 3.8) is 0 Å². The summed E-state index contributed by atoms with van der Waals surface area (Å²) in [6, 6.07) is 7.14. The van der Waals surface area contributed by atoms with E-state index in [1.807, 2.05) is 12.1 Å². The molecule has 0 spiro atoms. The van der Waals surface area contributed by atoms with Gasteiger partial charge < -0.3 is 4.74 Å². The molecule has 0 fully saturated rings. The lowest BCUT2D eigenvalue weighted by molar-refractivity contribution is -0.142. The standard InChI is InChI=1S/C13H14O3/c1-2-9-16-13(15)8-7-11-3-5-12(10-14)6-4-11/h2-6,10H,1,7-9H2. The molecule has 0 atom stereocenters. The number of esters is 1. The highest BCUT2D eigenvalue weighted by atomic mass is 16.5. The summed E-state index contributed by atoms with van der Waals surface area (Å²) in [4.78, 5) is 21.6. The number of hydrogen-bond acceptors (Lipinski definition) is 3. The number of carbonyl (C=O) groups excluding carboxylic acids is 2. The molecular weight excluding hydrogens is 204 g/mol. The van der Waals surface area contributed by atoms with Crippen molar-refractivity contribution < 1.29 is 14.3 Å². The Morgan fingerprint density at radius 1 is 1.31 bits per heavy atom. The minimum Gasteiger partial charge on any atom is -0.461 e. The zero-order valence-corrected chi connectivity index (χ0v) is 9.02. The first-order chi connectivity index (χ1) is 7.76. The van der Waals surface area contributed by atoms with Crippen LogP contribution in [0, 0.1) is 0 Å². The number of hydrogen-bond donors (Lipinski definition) is 0. The van der Waals surface area contributed by atoms with Crippen LogP contribution in [0.15, 0.2) is 36.9 Å². The molecule has 0 saturated carbocycles. The van der Waals surface area contributed by atoms with E-state index in [1.165, 1.54) is 6.08 Å². The van der Waals surface area contributed by atoms with Crippen molar-refractivity contribution in [2.24, 2.45) is 0 Å². The molecule has 0 aliphatic rings. The summed E-state index contributed by atoms with van der Waals surface area (Å²) in [6.07, 6.45) is 3.29. The lowest BCUT2D eigenvalue weighted by Gasteiger charge is -2.02. The SMILES string of the molecule is C=CCOC(=O)CCc1ccc(C=O)cc1. The minimum atomic E-state index is -0.237. The van der Waals surface area contributed by atoms with Gasteiger partial charge in [0.1, 0.15) is 12.9 Å². The molecule has 0 unspecified atom stereocenters. The van der Waals surface area contributed by atoms with Gasteiger partial charge in [-0.3, -0.25) is 9.59 Å². The molecule has 0 aliphatic carbocycles. The molecule has 0 saturated heterocycles. The van der Waals surface area contributed by atoms with E-state index in [0.717, 1.165) is 11.8 Å². The molecule has 1 rings (SSSR count). The first kappa shape index (κ1) is 12.2. The maximum atomic E-state index is 11.2. The first-order valence-corrected chi connectivity index (χ1v) is 5.07. The van der Waals surface area contributed by atoms with E-state index in [-0.39, 0.29) is 12.6 Å². The highest BCUT2D eigenvalue weighted by molar-refractivity contribution is 5.74. The van der Waals surface area contributed by atoms with Crippen molar-refractivity contribution in [1.82, 2.24) is 0 Å². The van der Waals surface area contributed by atoms with Gasteiger partial charge in [-0.25, -0.2) is 0 Å². The summed E-state index contributed by atoms with van der Waals surface area (Å²) in [5, 5.41) is 0. The Bertz CT molecular complexity index is 365. The van der Waals surface area contributed by atoms with Gasteiger partial charge in [-0.1, -0.05) is 36.9 Å². The number of carbonyl (C=O) groups is 2. The van der Waals surface area contributed by atoms with Gasteiger partial charge in [0.25, 0.3) is 0 Å². The molecule has 3 heteroatoms. The van der Waals surface area contributed by atoms with Crippen LogP contribution >= 0.6 is 0 Å². The number of aldehydes is 1. The van der Waals surface area contributed by atoms with Gasteiger partial charge in [0.15, 0.2) is 0 Å². The van der Waals surface area contributed by atoms with Crippen molar-refractivity contribution in [2.75, 3.05) is 6.61 Å². The van der Waals surface area contributed by atoms with E-state index in [9.17, 15) is 9.59 Å². The molecule has 0 amide bonds. The highest BCUT2D eigenvalue weighted by Crippen LogP contribution is 2.05. The van der Waals surface area contributed by atoms with E-state index in [4.69, 9.17) is 4.74 Å². The third-order valence-corrected chi connectivity index (χ3v) is 2.10. The van der Waals surface area contributed by atoms with Gasteiger partial charge in [0, 0.05) is 12.0 Å². The molecular formula is C13H14O3. The van der Waals surface area contributed by atoms with Gasteiger partial charge in [-0.2, -0.15) is 0 Å². The monoisotopic (exact) mass is 218 g/mol. The predicted molar refractivity (Wildman–Crippen MR) is 61.3 cm³/mol. The Kier molecular flexibility index (Phi) is 4.99. The van der Waals surface area contributed by atoms with Crippen LogP contribution in [0.1, 0.15) is 22.3 Å². The van der Waals surface area contributed by atoms with Crippen LogP contribution in [0.5, 0.6) is 0 Å². The van der Waals surface area contributed by atoms with Crippen molar-refractivity contribution in [3.8, 4) is 0 Å². The fraction of sp³-hybridized carbons (Fsp3) is 0.231. The largest absolute Gasteiger partial charge is 0.461 e. The summed E-state index contributed by atoms with van der Waals surface area (Å²) < 4.78 is 4.84. The molecule has 0 aliphatic heterocycles. The maximum Gasteiger partial charge on any atom is 0.306 e. The molecule has 0 radical (unpaired) electrons. The maximum absolute atomic E-state index is 11.2. The summed E-state index contributed by atoms with van der Waals surface area (Å²) in [6.45, 7) is 3.71. The number of aryl methyl sites for hydroxylation is 1. The number of ether oxygens (including phenoxy) is 1. The molecule has 3 nitrogen and oxygen atoms in total. The van der Waals surface area contributed by atoms with Crippen LogP contribution in [0.2, 0.25) is 0 Å². The van der Waals surface area contributed by atoms with Crippen LogP contribution in [0.4, 0.5) is 0 Å². The number of rotatable bonds is 6. The lowest BCUT2D eigenvalue weighted by atomic mass is 10.1. The van der Waals surface area contributed by atoms with Crippen LogP contribution in [0.25, 0.3) is 0 Å². The molecule has 1 aromatic rings. The summed E-state index contributed by atoms with van der Waals surface area (Å²) in [7, 11) is 0. The van der Waals surface area contributed by atoms with E-state index >= 15 is 0 Å². The van der Waals surface area contributed by atoms with E-state index in [2.05, 4.69) is 6.58 Å². The minimum absolute atomic E-state index is 0.237. The molecule has 0 bridgehead atoms. The Balaban J connectivity index is 2.39. The molecule has 16 heavy (non-hydrogen) atoms. The van der Waals surface area contributed by atoms with Crippen molar-refractivity contribution in [3.05, 3.63) is 48.0 Å². The summed E-state index contributed by atoms with van der Waals surface area (Å²) in [5.74, 6) is -0.237. The van der Waals surface area contributed by atoms with Crippen molar-refractivity contribution in [1.29, 1.82) is 0 Å². The third-order valence-electron chi connectivity index (χ3n) is 2.10. The van der Waals surface area contributed by atoms with Gasteiger partial charge >= 0.3 is 5.97 Å². The zero-order chi connectivity index (χ0) is 11.8. The van der Waals surface area contributed by atoms with Crippen LogP contribution in [-0.2, 0) is 16.0 Å². The molecule has 0 N–H and O–H groups in total. The van der Waals surface area contributed by atoms with Crippen molar-refractivity contribution in [2.45, 2.75) is 12.8 Å². The Morgan fingerprint density at radius 2 is 2.00 bits per heavy atom. The molecule has 84 valence electrons. The second kappa shape index (κ2) is 6.56. The van der Waals surface area contributed by atoms with Crippen LogP contribution in [0.3, 0.4) is 0 Å². The van der Waals surface area contributed by atoms with E-state index < -0.39 is 0 Å². The second-order valence-corrected chi connectivity index (χ2v) is 3.33. The molecule has 1 aromatic carbocycles. The summed E-state index contributed by atoms with van der Waals surface area (Å²) in [5.41, 5.74) is 1.65. The number of benzene rings is 1. The average molecular weight is 218 g/mol. The smallest absolute Gasteiger partial charge is 0.306 e. The van der Waals surface area contributed by atoms with Crippen LogP contribution in [-0.4, -0.2) is 18.9 Å².